The van der Waals surface area contributed by atoms with E-state index in [1.807, 2.05) is 31.3 Å². The van der Waals surface area contributed by atoms with Gasteiger partial charge in [-0.15, -0.1) is 0 Å². The quantitative estimate of drug-likeness (QED) is 0.878. The molecule has 142 valence electrons. The van der Waals surface area contributed by atoms with Crippen LogP contribution in [0.4, 0.5) is 11.6 Å². The van der Waals surface area contributed by atoms with Crippen LogP contribution in [-0.2, 0) is 22.4 Å². The Labute approximate surface area is 163 Å². The van der Waals surface area contributed by atoms with E-state index in [9.17, 15) is 4.79 Å². The predicted octanol–water partition coefficient (Wildman–Crippen LogP) is 3.02. The molecule has 4 rings (SSSR count). The van der Waals surface area contributed by atoms with Gasteiger partial charge in [-0.1, -0.05) is 17.7 Å². The highest BCUT2D eigenvalue weighted by atomic mass is 35.5. The van der Waals surface area contributed by atoms with Gasteiger partial charge < -0.3 is 15.0 Å². The van der Waals surface area contributed by atoms with E-state index < -0.39 is 0 Å². The number of ether oxygens (including phenoxy) is 1. The van der Waals surface area contributed by atoms with Gasteiger partial charge >= 0.3 is 0 Å². The number of carbonyl (C=O) groups excluding carboxylic acids is 1. The fourth-order valence-electron chi connectivity index (χ4n) is 3.59. The highest BCUT2D eigenvalue weighted by molar-refractivity contribution is 6.33. The van der Waals surface area contributed by atoms with Crippen LogP contribution in [0, 0.1) is 12.8 Å². The van der Waals surface area contributed by atoms with E-state index in [4.69, 9.17) is 21.3 Å². The summed E-state index contributed by atoms with van der Waals surface area (Å²) >= 11 is 6.24. The van der Waals surface area contributed by atoms with Crippen LogP contribution in [0.15, 0.2) is 24.4 Å². The minimum absolute atomic E-state index is 0.00339. The summed E-state index contributed by atoms with van der Waals surface area (Å²) in [6.07, 6.45) is 4.11. The van der Waals surface area contributed by atoms with Crippen molar-refractivity contribution in [3.63, 3.8) is 0 Å². The maximum atomic E-state index is 12.7. The van der Waals surface area contributed by atoms with Crippen molar-refractivity contribution in [2.24, 2.45) is 5.92 Å². The number of carbonyl (C=O) groups is 1. The number of hydrogen-bond acceptors (Lipinski definition) is 5. The molecule has 0 bridgehead atoms. The summed E-state index contributed by atoms with van der Waals surface area (Å²) in [7, 11) is 0. The van der Waals surface area contributed by atoms with E-state index in [1.54, 1.807) is 0 Å². The molecule has 1 saturated heterocycles. The maximum Gasteiger partial charge on any atom is 0.227 e. The normalized spacial score (nSPS) is 19.5. The first-order valence-corrected chi connectivity index (χ1v) is 9.72. The van der Waals surface area contributed by atoms with Crippen molar-refractivity contribution in [2.45, 2.75) is 26.2 Å². The van der Waals surface area contributed by atoms with Gasteiger partial charge in [0.25, 0.3) is 0 Å². The van der Waals surface area contributed by atoms with Gasteiger partial charge in [0.15, 0.2) is 0 Å². The third-order valence-corrected chi connectivity index (χ3v) is 5.50. The number of aromatic nitrogens is 2. The van der Waals surface area contributed by atoms with Crippen LogP contribution in [0.1, 0.15) is 23.2 Å². The van der Waals surface area contributed by atoms with Crippen molar-refractivity contribution in [3.8, 4) is 0 Å². The number of nitrogens with one attached hydrogen (secondary N) is 1. The summed E-state index contributed by atoms with van der Waals surface area (Å²) in [5.41, 5.74) is 3.85. The van der Waals surface area contributed by atoms with Crippen LogP contribution in [-0.4, -0.2) is 42.2 Å². The van der Waals surface area contributed by atoms with Gasteiger partial charge in [-0.2, -0.15) is 0 Å². The number of benzene rings is 1. The van der Waals surface area contributed by atoms with Gasteiger partial charge in [-0.05, 0) is 49.4 Å². The Morgan fingerprint density at radius 1 is 1.33 bits per heavy atom. The average molecular weight is 387 g/mol. The molecule has 1 aromatic heterocycles. The topological polar surface area (TPSA) is 67.4 Å². The molecule has 1 N–H and O–H groups in total. The largest absolute Gasteiger partial charge is 0.378 e. The number of anilines is 2. The van der Waals surface area contributed by atoms with Crippen LogP contribution in [0.3, 0.4) is 0 Å². The molecule has 0 spiro atoms. The summed E-state index contributed by atoms with van der Waals surface area (Å²) in [5, 5.41) is 3.53. The standard InChI is InChI=1S/C20H23ClN4O2/c1-13-2-4-18(16(21)10-13)23-19(26)14-3-5-17-15(11-14)12-22-20(24-17)25-6-8-27-9-7-25/h2,4,10,12,14H,3,5-9,11H2,1H3,(H,23,26)/t14-/m1/s1. The Bertz CT molecular complexity index is 852. The van der Waals surface area contributed by atoms with E-state index in [0.29, 0.717) is 30.3 Å². The molecule has 1 amide bonds. The van der Waals surface area contributed by atoms with E-state index in [-0.39, 0.29) is 11.8 Å². The van der Waals surface area contributed by atoms with Crippen LogP contribution < -0.4 is 10.2 Å². The highest BCUT2D eigenvalue weighted by Gasteiger charge is 2.27. The van der Waals surface area contributed by atoms with Gasteiger partial charge in [0.1, 0.15) is 0 Å². The molecule has 2 aliphatic rings. The zero-order valence-corrected chi connectivity index (χ0v) is 16.1. The SMILES string of the molecule is Cc1ccc(NC(=O)[C@@H]2CCc3nc(N4CCOCC4)ncc3C2)c(Cl)c1. The predicted molar refractivity (Wildman–Crippen MR) is 105 cm³/mol. The van der Waals surface area contributed by atoms with Crippen molar-refractivity contribution in [1.82, 2.24) is 9.97 Å². The van der Waals surface area contributed by atoms with E-state index >= 15 is 0 Å². The number of aryl methyl sites for hydroxylation is 2. The summed E-state index contributed by atoms with van der Waals surface area (Å²) in [6.45, 7) is 5.04. The number of hydrogen-bond donors (Lipinski definition) is 1. The molecular formula is C20H23ClN4O2. The van der Waals surface area contributed by atoms with Crippen LogP contribution in [0.2, 0.25) is 5.02 Å². The Kier molecular flexibility index (Phi) is 5.27. The monoisotopic (exact) mass is 386 g/mol. The molecule has 0 unspecified atom stereocenters. The average Bonchev–Trinajstić information content (AvgIpc) is 2.70. The molecular weight excluding hydrogens is 364 g/mol. The third kappa shape index (κ3) is 4.06. The summed E-state index contributed by atoms with van der Waals surface area (Å²) in [5.74, 6) is 0.683. The number of fused-ring (bicyclic) bond motifs is 1. The third-order valence-electron chi connectivity index (χ3n) is 5.18. The van der Waals surface area contributed by atoms with Crippen molar-refractivity contribution < 1.29 is 9.53 Å². The number of amides is 1. The van der Waals surface area contributed by atoms with E-state index in [1.165, 1.54) is 0 Å². The lowest BCUT2D eigenvalue weighted by atomic mass is 9.86. The Morgan fingerprint density at radius 3 is 2.93 bits per heavy atom. The van der Waals surface area contributed by atoms with Crippen molar-refractivity contribution in [1.29, 1.82) is 0 Å². The molecule has 0 radical (unpaired) electrons. The first-order chi connectivity index (χ1) is 13.1. The molecule has 1 aromatic carbocycles. The maximum absolute atomic E-state index is 12.7. The number of rotatable bonds is 3. The van der Waals surface area contributed by atoms with Crippen LogP contribution >= 0.6 is 11.6 Å². The van der Waals surface area contributed by atoms with Gasteiger partial charge in [0.2, 0.25) is 11.9 Å². The highest BCUT2D eigenvalue weighted by Crippen LogP contribution is 2.28. The lowest BCUT2D eigenvalue weighted by Crippen LogP contribution is -2.38. The first kappa shape index (κ1) is 18.2. The Hall–Kier alpha value is -2.18. The zero-order valence-electron chi connectivity index (χ0n) is 15.4. The molecule has 7 heteroatoms. The van der Waals surface area contributed by atoms with Gasteiger partial charge in [-0.3, -0.25) is 4.79 Å². The molecule has 2 heterocycles. The molecule has 0 saturated carbocycles. The number of nitrogens with zero attached hydrogens (tertiary/aromatic N) is 3. The summed E-state index contributed by atoms with van der Waals surface area (Å²) < 4.78 is 5.39. The molecule has 1 atom stereocenters. The van der Waals surface area contributed by atoms with Crippen molar-refractivity contribution in [3.05, 3.63) is 46.2 Å². The van der Waals surface area contributed by atoms with Gasteiger partial charge in [-0.25, -0.2) is 9.97 Å². The van der Waals surface area contributed by atoms with Crippen molar-refractivity contribution >= 4 is 29.1 Å². The second-order valence-electron chi connectivity index (χ2n) is 7.15. The summed E-state index contributed by atoms with van der Waals surface area (Å²) in [6, 6.07) is 5.65. The smallest absolute Gasteiger partial charge is 0.227 e. The minimum atomic E-state index is -0.0901. The number of morpholine rings is 1. The van der Waals surface area contributed by atoms with Gasteiger partial charge in [0.05, 0.1) is 23.9 Å². The Balaban J connectivity index is 1.44. The fraction of sp³-hybridized carbons (Fsp3) is 0.450. The molecule has 1 aliphatic carbocycles. The minimum Gasteiger partial charge on any atom is -0.378 e. The first-order valence-electron chi connectivity index (χ1n) is 9.34. The molecule has 2 aromatic rings. The molecule has 27 heavy (non-hydrogen) atoms. The molecule has 1 aliphatic heterocycles. The van der Waals surface area contributed by atoms with E-state index in [2.05, 4.69) is 15.2 Å². The molecule has 6 nitrogen and oxygen atoms in total. The van der Waals surface area contributed by atoms with Crippen LogP contribution in [0.25, 0.3) is 0 Å². The van der Waals surface area contributed by atoms with Crippen LogP contribution in [0.5, 0.6) is 0 Å². The second-order valence-corrected chi connectivity index (χ2v) is 7.56. The second kappa shape index (κ2) is 7.82. The lowest BCUT2D eigenvalue weighted by Gasteiger charge is -2.28. The zero-order chi connectivity index (χ0) is 18.8. The fourth-order valence-corrected chi connectivity index (χ4v) is 3.88. The Morgan fingerprint density at radius 2 is 2.15 bits per heavy atom. The van der Waals surface area contributed by atoms with Gasteiger partial charge in [0, 0.05) is 30.9 Å². The molecule has 1 fully saturated rings. The summed E-state index contributed by atoms with van der Waals surface area (Å²) in [4.78, 5) is 24.1. The number of halogens is 1. The lowest BCUT2D eigenvalue weighted by molar-refractivity contribution is -0.120. The van der Waals surface area contributed by atoms with E-state index in [0.717, 1.165) is 48.7 Å². The van der Waals surface area contributed by atoms with Crippen molar-refractivity contribution in [2.75, 3.05) is 36.5 Å².